The highest BCUT2D eigenvalue weighted by atomic mass is 19.3. The number of aromatic nitrogens is 3. The predicted octanol–water partition coefficient (Wildman–Crippen LogP) is 4.50. The normalized spacial score (nSPS) is 19.1. The molecule has 2 unspecified atom stereocenters. The van der Waals surface area contributed by atoms with E-state index >= 15 is 0 Å². The first-order valence-electron chi connectivity index (χ1n) is 11.0. The molecular formula is C26H22F3N5O. The number of ether oxygens (including phenoxy) is 1. The average Bonchev–Trinajstić information content (AvgIpc) is 3.19. The van der Waals surface area contributed by atoms with Gasteiger partial charge in [-0.3, -0.25) is 14.7 Å². The third-order valence-corrected chi connectivity index (χ3v) is 6.17. The number of nitrogens with zero attached hydrogens (tertiary/aromatic N) is 3. The van der Waals surface area contributed by atoms with Crippen molar-refractivity contribution in [2.45, 2.75) is 24.7 Å². The van der Waals surface area contributed by atoms with E-state index in [0.717, 1.165) is 22.3 Å². The number of fused-ring (bicyclic) bond motifs is 1. The zero-order valence-electron chi connectivity index (χ0n) is 18.5. The molecule has 178 valence electrons. The minimum absolute atomic E-state index is 0.0551. The Morgan fingerprint density at radius 1 is 1.00 bits per heavy atom. The second kappa shape index (κ2) is 9.44. The lowest BCUT2D eigenvalue weighted by molar-refractivity contribution is -0.0505. The van der Waals surface area contributed by atoms with Gasteiger partial charge in [-0.25, -0.2) is 9.97 Å². The zero-order chi connectivity index (χ0) is 24.4. The highest BCUT2D eigenvalue weighted by Gasteiger charge is 2.46. The molecule has 5 rings (SSSR count). The van der Waals surface area contributed by atoms with Crippen LogP contribution in [-0.2, 0) is 12.0 Å². The molecule has 0 amide bonds. The Morgan fingerprint density at radius 2 is 1.80 bits per heavy atom. The molecule has 3 N–H and O–H groups in total. The van der Waals surface area contributed by atoms with Crippen LogP contribution in [0.2, 0.25) is 0 Å². The van der Waals surface area contributed by atoms with E-state index in [0.29, 0.717) is 16.8 Å². The van der Waals surface area contributed by atoms with Gasteiger partial charge in [-0.15, -0.1) is 0 Å². The van der Waals surface area contributed by atoms with E-state index in [1.807, 2.05) is 36.4 Å². The van der Waals surface area contributed by atoms with Crippen LogP contribution >= 0.6 is 0 Å². The summed E-state index contributed by atoms with van der Waals surface area (Å²) >= 11 is 0. The van der Waals surface area contributed by atoms with Gasteiger partial charge < -0.3 is 10.5 Å². The molecule has 0 spiro atoms. The van der Waals surface area contributed by atoms with Crippen LogP contribution < -0.4 is 15.8 Å². The Hall–Kier alpha value is -3.82. The molecule has 6 nitrogen and oxygen atoms in total. The molecule has 0 radical (unpaired) electrons. The molecule has 3 heterocycles. The van der Waals surface area contributed by atoms with Gasteiger partial charge in [0.05, 0.1) is 17.9 Å². The number of halogens is 3. The molecule has 0 fully saturated rings. The second-order valence-corrected chi connectivity index (χ2v) is 8.16. The number of pyridine rings is 1. The lowest BCUT2D eigenvalue weighted by Gasteiger charge is -2.33. The molecule has 0 saturated heterocycles. The van der Waals surface area contributed by atoms with Gasteiger partial charge in [0, 0.05) is 36.1 Å². The minimum atomic E-state index is -3.01. The van der Waals surface area contributed by atoms with E-state index in [9.17, 15) is 13.2 Å². The van der Waals surface area contributed by atoms with Crippen molar-refractivity contribution < 1.29 is 17.9 Å². The quantitative estimate of drug-likeness (QED) is 0.408. The largest absolute Gasteiger partial charge is 0.435 e. The summed E-state index contributed by atoms with van der Waals surface area (Å²) in [6.45, 7) is -3.73. The van der Waals surface area contributed by atoms with Crippen molar-refractivity contribution in [3.05, 3.63) is 107 Å². The van der Waals surface area contributed by atoms with Crippen LogP contribution in [0.4, 0.5) is 13.2 Å². The van der Waals surface area contributed by atoms with Crippen LogP contribution in [-0.4, -0.2) is 28.2 Å². The number of alkyl halides is 3. The predicted molar refractivity (Wildman–Crippen MR) is 124 cm³/mol. The van der Waals surface area contributed by atoms with Crippen LogP contribution in [0.1, 0.15) is 34.1 Å². The van der Waals surface area contributed by atoms with Crippen molar-refractivity contribution in [2.75, 3.05) is 6.67 Å². The molecule has 2 aromatic carbocycles. The lowest BCUT2D eigenvalue weighted by atomic mass is 9.77. The maximum absolute atomic E-state index is 13.4. The molecule has 4 aromatic rings. The highest BCUT2D eigenvalue weighted by Crippen LogP contribution is 2.46. The van der Waals surface area contributed by atoms with Crippen LogP contribution in [0.15, 0.2) is 79.5 Å². The van der Waals surface area contributed by atoms with Crippen molar-refractivity contribution in [2.24, 2.45) is 5.73 Å². The topological polar surface area (TPSA) is 86.0 Å². The van der Waals surface area contributed by atoms with E-state index in [4.69, 9.17) is 5.73 Å². The van der Waals surface area contributed by atoms with Gasteiger partial charge in [-0.05, 0) is 46.5 Å². The molecule has 1 aliphatic heterocycles. The number of aryl methyl sites for hydroxylation is 1. The van der Waals surface area contributed by atoms with Gasteiger partial charge in [0.1, 0.15) is 18.2 Å². The van der Waals surface area contributed by atoms with Crippen LogP contribution in [0.5, 0.6) is 5.75 Å². The van der Waals surface area contributed by atoms with Crippen molar-refractivity contribution in [1.82, 2.24) is 20.3 Å². The van der Waals surface area contributed by atoms with Gasteiger partial charge >= 0.3 is 6.61 Å². The molecule has 2 atom stereocenters. The lowest BCUT2D eigenvalue weighted by Crippen LogP contribution is -2.42. The Bertz CT molecular complexity index is 1340. The first-order chi connectivity index (χ1) is 17.0. The first-order valence-corrected chi connectivity index (χ1v) is 11.0. The van der Waals surface area contributed by atoms with Gasteiger partial charge in [0.15, 0.2) is 0 Å². The molecule has 35 heavy (non-hydrogen) atoms. The standard InChI is InChI=1S/C26H22F3N5O/c27-9-8-17-12-20(6-7-22(17)35-25(28)29)26(21-5-2-10-33-23(21)24(30)34-26)19-4-1-3-16(11-19)18-13-31-15-32-14-18/h1-7,10-15,24-25,34H,8-9,30H2. The molecular weight excluding hydrogens is 455 g/mol. The summed E-state index contributed by atoms with van der Waals surface area (Å²) in [5, 5.41) is 3.47. The van der Waals surface area contributed by atoms with Crippen molar-refractivity contribution in [3.63, 3.8) is 0 Å². The summed E-state index contributed by atoms with van der Waals surface area (Å²) in [4.78, 5) is 12.7. The minimum Gasteiger partial charge on any atom is -0.435 e. The summed E-state index contributed by atoms with van der Waals surface area (Å²) in [6.07, 6.45) is 5.91. The van der Waals surface area contributed by atoms with E-state index in [2.05, 4.69) is 25.0 Å². The average molecular weight is 477 g/mol. The number of nitrogens with two attached hydrogens (primary N) is 1. The summed E-state index contributed by atoms with van der Waals surface area (Å²) in [7, 11) is 0. The van der Waals surface area contributed by atoms with E-state index < -0.39 is 25.0 Å². The van der Waals surface area contributed by atoms with Crippen LogP contribution in [0.25, 0.3) is 11.1 Å². The highest BCUT2D eigenvalue weighted by molar-refractivity contribution is 5.65. The Balaban J connectivity index is 1.73. The fraction of sp³-hybridized carbons (Fsp3) is 0.192. The number of rotatable bonds is 7. The number of nitrogens with one attached hydrogen (secondary N) is 1. The Kier molecular flexibility index (Phi) is 6.19. The number of hydrogen-bond donors (Lipinski definition) is 2. The van der Waals surface area contributed by atoms with E-state index in [1.165, 1.54) is 12.4 Å². The third-order valence-electron chi connectivity index (χ3n) is 6.17. The number of hydrogen-bond acceptors (Lipinski definition) is 6. The number of benzene rings is 2. The van der Waals surface area contributed by atoms with Gasteiger partial charge in [0.25, 0.3) is 0 Å². The molecule has 0 saturated carbocycles. The fourth-order valence-electron chi connectivity index (χ4n) is 4.71. The van der Waals surface area contributed by atoms with E-state index in [-0.39, 0.29) is 12.2 Å². The van der Waals surface area contributed by atoms with Crippen molar-refractivity contribution in [1.29, 1.82) is 0 Å². The van der Waals surface area contributed by atoms with Gasteiger partial charge in [0.2, 0.25) is 0 Å². The Labute approximate surface area is 200 Å². The fourth-order valence-corrected chi connectivity index (χ4v) is 4.71. The molecule has 0 bridgehead atoms. The maximum Gasteiger partial charge on any atom is 0.387 e. The van der Waals surface area contributed by atoms with Crippen LogP contribution in [0, 0.1) is 0 Å². The first kappa shape index (κ1) is 22.9. The van der Waals surface area contributed by atoms with Crippen molar-refractivity contribution >= 4 is 0 Å². The monoisotopic (exact) mass is 477 g/mol. The molecule has 2 aromatic heterocycles. The molecule has 9 heteroatoms. The van der Waals surface area contributed by atoms with Crippen LogP contribution in [0.3, 0.4) is 0 Å². The SMILES string of the molecule is NC1NC(c2cccc(-c3cncnc3)c2)(c2ccc(OC(F)F)c(CCF)c2)c2cccnc21. The summed E-state index contributed by atoms with van der Waals surface area (Å²) in [5.41, 5.74) is 10.6. The third kappa shape index (κ3) is 4.13. The zero-order valence-corrected chi connectivity index (χ0v) is 18.5. The summed E-state index contributed by atoms with van der Waals surface area (Å²) in [6, 6.07) is 16.4. The smallest absolute Gasteiger partial charge is 0.387 e. The molecule has 0 aliphatic carbocycles. The van der Waals surface area contributed by atoms with Gasteiger partial charge in [-0.1, -0.05) is 30.3 Å². The Morgan fingerprint density at radius 3 is 2.57 bits per heavy atom. The maximum atomic E-state index is 13.4. The van der Waals surface area contributed by atoms with E-state index in [1.54, 1.807) is 30.7 Å². The van der Waals surface area contributed by atoms with Crippen molar-refractivity contribution in [3.8, 4) is 16.9 Å². The van der Waals surface area contributed by atoms with Gasteiger partial charge in [-0.2, -0.15) is 8.78 Å². The summed E-state index contributed by atoms with van der Waals surface area (Å²) in [5.74, 6) is -0.0551. The summed E-state index contributed by atoms with van der Waals surface area (Å²) < 4.78 is 44.0. The molecule has 1 aliphatic rings. The second-order valence-electron chi connectivity index (χ2n) is 8.16.